The number of benzene rings is 1. The van der Waals surface area contributed by atoms with Gasteiger partial charge in [-0.25, -0.2) is 0 Å². The van der Waals surface area contributed by atoms with Gasteiger partial charge in [-0.05, 0) is 66.4 Å². The van der Waals surface area contributed by atoms with Gasteiger partial charge in [-0.2, -0.15) is 0 Å². The van der Waals surface area contributed by atoms with E-state index in [1.165, 1.54) is 37.7 Å². The van der Waals surface area contributed by atoms with Gasteiger partial charge in [-0.15, -0.1) is 0 Å². The SMILES string of the molecule is CCCCCCCCOc1ccc(/C=C/c2ccnc(-c3cc(C)ccn3)c2)cc1. The van der Waals surface area contributed by atoms with E-state index < -0.39 is 0 Å². The molecule has 0 N–H and O–H groups in total. The standard InChI is InChI=1S/C27H32N2O/c1-3-4-5-6-7-8-19-30-25-13-11-23(12-14-25)9-10-24-16-18-29-27(21-24)26-20-22(2)15-17-28-26/h9-18,20-21H,3-8,19H2,1-2H3/b10-9+. The topological polar surface area (TPSA) is 35.0 Å². The lowest BCUT2D eigenvalue weighted by molar-refractivity contribution is 0.304. The second-order valence-corrected chi connectivity index (χ2v) is 7.71. The molecule has 0 aliphatic rings. The number of hydrogen-bond acceptors (Lipinski definition) is 3. The van der Waals surface area contributed by atoms with Crippen molar-refractivity contribution >= 4 is 12.2 Å². The van der Waals surface area contributed by atoms with Crippen LogP contribution in [0.5, 0.6) is 5.75 Å². The van der Waals surface area contributed by atoms with Crippen molar-refractivity contribution in [2.24, 2.45) is 0 Å². The molecule has 0 unspecified atom stereocenters. The molecular formula is C27H32N2O. The van der Waals surface area contributed by atoms with Crippen molar-refractivity contribution in [2.45, 2.75) is 52.4 Å². The molecule has 0 aliphatic heterocycles. The van der Waals surface area contributed by atoms with E-state index in [0.717, 1.165) is 41.3 Å². The third-order valence-electron chi connectivity index (χ3n) is 5.08. The Morgan fingerprint density at radius 3 is 2.17 bits per heavy atom. The summed E-state index contributed by atoms with van der Waals surface area (Å²) in [5, 5.41) is 0. The zero-order valence-electron chi connectivity index (χ0n) is 18.2. The molecule has 1 aromatic carbocycles. The van der Waals surface area contributed by atoms with E-state index in [2.05, 4.69) is 60.2 Å². The highest BCUT2D eigenvalue weighted by molar-refractivity contribution is 5.71. The fourth-order valence-electron chi connectivity index (χ4n) is 3.31. The number of aryl methyl sites for hydroxylation is 1. The maximum absolute atomic E-state index is 5.87. The Kier molecular flexibility index (Phi) is 8.64. The first-order valence-corrected chi connectivity index (χ1v) is 11.0. The zero-order chi connectivity index (χ0) is 21.0. The number of unbranched alkanes of at least 4 members (excludes halogenated alkanes) is 5. The van der Waals surface area contributed by atoms with E-state index in [9.17, 15) is 0 Å². The van der Waals surface area contributed by atoms with E-state index in [0.29, 0.717) is 0 Å². The van der Waals surface area contributed by atoms with Crippen LogP contribution in [0.2, 0.25) is 0 Å². The van der Waals surface area contributed by atoms with Crippen molar-refractivity contribution in [1.82, 2.24) is 9.97 Å². The number of rotatable bonds is 11. The molecule has 156 valence electrons. The molecule has 0 amide bonds. The highest BCUT2D eigenvalue weighted by Gasteiger charge is 2.01. The minimum atomic E-state index is 0.800. The number of hydrogen-bond donors (Lipinski definition) is 0. The first-order valence-electron chi connectivity index (χ1n) is 11.0. The molecule has 3 rings (SSSR count). The van der Waals surface area contributed by atoms with Crippen LogP contribution >= 0.6 is 0 Å². The maximum Gasteiger partial charge on any atom is 0.119 e. The van der Waals surface area contributed by atoms with Gasteiger partial charge in [-0.3, -0.25) is 9.97 Å². The number of pyridine rings is 2. The summed E-state index contributed by atoms with van der Waals surface area (Å²) in [6.07, 6.45) is 15.6. The molecule has 2 heterocycles. The molecule has 30 heavy (non-hydrogen) atoms. The normalized spacial score (nSPS) is 11.1. The minimum Gasteiger partial charge on any atom is -0.494 e. The Balaban J connectivity index is 1.51. The highest BCUT2D eigenvalue weighted by Crippen LogP contribution is 2.19. The first-order chi connectivity index (χ1) is 14.7. The fraction of sp³-hybridized carbons (Fsp3) is 0.333. The lowest BCUT2D eigenvalue weighted by Crippen LogP contribution is -1.97. The van der Waals surface area contributed by atoms with E-state index >= 15 is 0 Å². The number of aromatic nitrogens is 2. The molecule has 0 bridgehead atoms. The van der Waals surface area contributed by atoms with Crippen LogP contribution in [0.25, 0.3) is 23.5 Å². The Bertz CT molecular complexity index is 932. The minimum absolute atomic E-state index is 0.800. The first kappa shape index (κ1) is 21.8. The van der Waals surface area contributed by atoms with Crippen molar-refractivity contribution in [3.05, 3.63) is 77.6 Å². The van der Waals surface area contributed by atoms with Crippen LogP contribution in [-0.2, 0) is 0 Å². The molecule has 3 heteroatoms. The smallest absolute Gasteiger partial charge is 0.119 e. The van der Waals surface area contributed by atoms with Crippen molar-refractivity contribution in [3.8, 4) is 17.1 Å². The summed E-state index contributed by atoms with van der Waals surface area (Å²) in [4.78, 5) is 8.89. The summed E-state index contributed by atoms with van der Waals surface area (Å²) >= 11 is 0. The second-order valence-electron chi connectivity index (χ2n) is 7.71. The summed E-state index contributed by atoms with van der Waals surface area (Å²) in [5.74, 6) is 0.942. The van der Waals surface area contributed by atoms with Crippen molar-refractivity contribution in [3.63, 3.8) is 0 Å². The molecule has 3 aromatic rings. The van der Waals surface area contributed by atoms with Crippen LogP contribution in [0.4, 0.5) is 0 Å². The van der Waals surface area contributed by atoms with E-state index in [4.69, 9.17) is 4.74 Å². The molecule has 0 saturated heterocycles. The van der Waals surface area contributed by atoms with E-state index in [1.54, 1.807) is 0 Å². The molecule has 0 aliphatic carbocycles. The highest BCUT2D eigenvalue weighted by atomic mass is 16.5. The van der Waals surface area contributed by atoms with Gasteiger partial charge in [-0.1, -0.05) is 63.3 Å². The Labute approximate surface area is 180 Å². The average Bonchev–Trinajstić information content (AvgIpc) is 2.78. The third kappa shape index (κ3) is 7.14. The summed E-state index contributed by atoms with van der Waals surface area (Å²) in [6, 6.07) is 16.4. The summed E-state index contributed by atoms with van der Waals surface area (Å²) in [5.41, 5.74) is 5.22. The van der Waals surface area contributed by atoms with Gasteiger partial charge in [0, 0.05) is 12.4 Å². The Hall–Kier alpha value is -2.94. The summed E-state index contributed by atoms with van der Waals surface area (Å²) < 4.78 is 5.87. The van der Waals surface area contributed by atoms with E-state index in [-0.39, 0.29) is 0 Å². The molecule has 0 fully saturated rings. The van der Waals surface area contributed by atoms with Crippen molar-refractivity contribution in [1.29, 1.82) is 0 Å². The van der Waals surface area contributed by atoms with Gasteiger partial charge in [0.1, 0.15) is 5.75 Å². The Morgan fingerprint density at radius 2 is 1.40 bits per heavy atom. The van der Waals surface area contributed by atoms with Crippen LogP contribution in [0, 0.1) is 6.92 Å². The van der Waals surface area contributed by atoms with Gasteiger partial charge < -0.3 is 4.74 Å². The number of ether oxygens (including phenoxy) is 1. The maximum atomic E-state index is 5.87. The molecule has 0 spiro atoms. The van der Waals surface area contributed by atoms with Gasteiger partial charge in [0.15, 0.2) is 0 Å². The molecular weight excluding hydrogens is 368 g/mol. The van der Waals surface area contributed by atoms with E-state index in [1.807, 2.05) is 36.7 Å². The van der Waals surface area contributed by atoms with Gasteiger partial charge in [0.05, 0.1) is 18.0 Å². The molecule has 0 saturated carbocycles. The van der Waals surface area contributed by atoms with Gasteiger partial charge in [0.2, 0.25) is 0 Å². The van der Waals surface area contributed by atoms with Gasteiger partial charge >= 0.3 is 0 Å². The van der Waals surface area contributed by atoms with Crippen molar-refractivity contribution in [2.75, 3.05) is 6.61 Å². The zero-order valence-corrected chi connectivity index (χ0v) is 18.2. The molecule has 3 nitrogen and oxygen atoms in total. The lowest BCUT2D eigenvalue weighted by atomic mass is 10.1. The average molecular weight is 401 g/mol. The predicted molar refractivity (Wildman–Crippen MR) is 126 cm³/mol. The van der Waals surface area contributed by atoms with Gasteiger partial charge in [0.25, 0.3) is 0 Å². The Morgan fingerprint density at radius 1 is 0.733 bits per heavy atom. The van der Waals surface area contributed by atoms with Crippen LogP contribution < -0.4 is 4.74 Å². The quantitative estimate of drug-likeness (QED) is 0.315. The fourth-order valence-corrected chi connectivity index (χ4v) is 3.31. The number of nitrogens with zero attached hydrogens (tertiary/aromatic N) is 2. The molecule has 2 aromatic heterocycles. The summed E-state index contributed by atoms with van der Waals surface area (Å²) in [7, 11) is 0. The van der Waals surface area contributed by atoms with Crippen LogP contribution in [-0.4, -0.2) is 16.6 Å². The molecule has 0 atom stereocenters. The van der Waals surface area contributed by atoms with Crippen molar-refractivity contribution < 1.29 is 4.74 Å². The van der Waals surface area contributed by atoms with Crippen LogP contribution in [0.3, 0.4) is 0 Å². The monoisotopic (exact) mass is 400 g/mol. The van der Waals surface area contributed by atoms with Crippen LogP contribution in [0.15, 0.2) is 60.9 Å². The predicted octanol–water partition coefficient (Wildman–Crippen LogP) is 7.36. The molecule has 0 radical (unpaired) electrons. The summed E-state index contributed by atoms with van der Waals surface area (Å²) in [6.45, 7) is 5.11. The lowest BCUT2D eigenvalue weighted by Gasteiger charge is -2.06. The second kappa shape index (κ2) is 11.9. The largest absolute Gasteiger partial charge is 0.494 e. The van der Waals surface area contributed by atoms with Crippen LogP contribution in [0.1, 0.15) is 62.1 Å². The third-order valence-corrected chi connectivity index (χ3v) is 5.08.